The third-order valence-corrected chi connectivity index (χ3v) is 11.5. The molecule has 0 nitrogen and oxygen atoms in total. The highest BCUT2D eigenvalue weighted by Gasteiger charge is 2.55. The van der Waals surface area contributed by atoms with Gasteiger partial charge in [0.2, 0.25) is 0 Å². The van der Waals surface area contributed by atoms with Gasteiger partial charge in [0, 0.05) is 0 Å². The molecule has 4 aliphatic carbocycles. The van der Waals surface area contributed by atoms with Crippen molar-refractivity contribution < 1.29 is 0 Å². The fourth-order valence-electron chi connectivity index (χ4n) is 10.6. The highest BCUT2D eigenvalue weighted by molar-refractivity contribution is 6.61. The Hall–Kier alpha value is -1.50. The molecule has 0 spiro atoms. The molecule has 0 aliphatic heterocycles. The molecule has 180 valence electrons. The summed E-state index contributed by atoms with van der Waals surface area (Å²) < 4.78 is 0. The van der Waals surface area contributed by atoms with E-state index in [0.717, 1.165) is 65.7 Å². The van der Waals surface area contributed by atoms with Crippen LogP contribution in [0.5, 0.6) is 0 Å². The number of hydrogen-bond donors (Lipinski definition) is 0. The van der Waals surface area contributed by atoms with Gasteiger partial charge in [-0.2, -0.15) is 0 Å². The molecule has 0 bridgehead atoms. The van der Waals surface area contributed by atoms with Crippen LogP contribution in [-0.2, 0) is 0 Å². The summed E-state index contributed by atoms with van der Waals surface area (Å²) in [4.78, 5) is 0. The summed E-state index contributed by atoms with van der Waals surface area (Å²) in [5.74, 6) is 9.08. The quantitative estimate of drug-likeness (QED) is 0.405. The van der Waals surface area contributed by atoms with Crippen LogP contribution in [0, 0.1) is 35.5 Å². The monoisotopic (exact) mass is 452 g/mol. The summed E-state index contributed by atoms with van der Waals surface area (Å²) in [5.41, 5.74) is 3.26. The van der Waals surface area contributed by atoms with Crippen molar-refractivity contribution in [2.45, 2.75) is 95.5 Å². The minimum atomic E-state index is 0.811. The van der Waals surface area contributed by atoms with Gasteiger partial charge in [-0.3, -0.25) is 0 Å². The fraction of sp³-hybridized carbons (Fsp3) is 0.636. The first kappa shape index (κ1) is 22.9. The molecule has 10 unspecified atom stereocenters. The van der Waals surface area contributed by atoms with Crippen LogP contribution in [0.2, 0.25) is 18.5 Å². The lowest BCUT2D eigenvalue weighted by Crippen LogP contribution is -2.37. The molecule has 0 radical (unpaired) electrons. The predicted molar refractivity (Wildman–Crippen MR) is 147 cm³/mol. The Kier molecular flexibility index (Phi) is 6.42. The summed E-state index contributed by atoms with van der Waals surface area (Å²) in [6, 6.07) is 23.1. The van der Waals surface area contributed by atoms with Crippen molar-refractivity contribution in [2.75, 3.05) is 0 Å². The molecule has 0 amide bonds. The Morgan fingerprint density at radius 2 is 0.971 bits per heavy atom. The van der Waals surface area contributed by atoms with Crippen molar-refractivity contribution >= 4 is 6.71 Å². The van der Waals surface area contributed by atoms with E-state index in [1.54, 1.807) is 11.1 Å². The minimum absolute atomic E-state index is 0.811. The molecular weight excluding hydrogens is 407 g/mol. The molecule has 0 aromatic heterocycles. The van der Waals surface area contributed by atoms with Crippen LogP contribution in [0.1, 0.15) is 88.2 Å². The van der Waals surface area contributed by atoms with Gasteiger partial charge in [-0.25, -0.2) is 0 Å². The van der Waals surface area contributed by atoms with Crippen molar-refractivity contribution in [3.8, 4) is 0 Å². The summed E-state index contributed by atoms with van der Waals surface area (Å²) in [6.07, 6.45) is 11.7. The molecule has 0 saturated heterocycles. The molecule has 4 fully saturated rings. The van der Waals surface area contributed by atoms with Crippen molar-refractivity contribution in [2.24, 2.45) is 35.5 Å². The molecular formula is C33H45B. The van der Waals surface area contributed by atoms with E-state index in [9.17, 15) is 0 Å². The normalized spacial score (nSPS) is 41.6. The SMILES string of the molecule is CB(C1C(C)CC2C(c3ccccc3)CCCC21)C1C(C)CC2C(c3ccccc3)CCCC21. The van der Waals surface area contributed by atoms with Crippen LogP contribution < -0.4 is 0 Å². The van der Waals surface area contributed by atoms with E-state index in [1.807, 2.05) is 0 Å². The topological polar surface area (TPSA) is 0 Å². The average Bonchev–Trinajstić information content (AvgIpc) is 3.39. The first-order valence-electron chi connectivity index (χ1n) is 14.7. The van der Waals surface area contributed by atoms with Gasteiger partial charge in [-0.15, -0.1) is 0 Å². The van der Waals surface area contributed by atoms with Gasteiger partial charge in [0.25, 0.3) is 0 Å². The number of hydrogen-bond acceptors (Lipinski definition) is 0. The van der Waals surface area contributed by atoms with Crippen LogP contribution in [0.25, 0.3) is 0 Å². The molecule has 1 heteroatoms. The molecule has 4 saturated carbocycles. The van der Waals surface area contributed by atoms with E-state index in [1.165, 1.54) is 51.4 Å². The van der Waals surface area contributed by atoms with E-state index < -0.39 is 0 Å². The van der Waals surface area contributed by atoms with Gasteiger partial charge in [-0.05, 0) is 84.2 Å². The summed E-state index contributed by atoms with van der Waals surface area (Å²) >= 11 is 0. The zero-order chi connectivity index (χ0) is 23.2. The second kappa shape index (κ2) is 9.52. The maximum absolute atomic E-state index is 2.71. The van der Waals surface area contributed by atoms with Crippen molar-refractivity contribution in [3.05, 3.63) is 71.8 Å². The van der Waals surface area contributed by atoms with E-state index in [0.29, 0.717) is 0 Å². The van der Waals surface area contributed by atoms with E-state index in [4.69, 9.17) is 0 Å². The van der Waals surface area contributed by atoms with Gasteiger partial charge in [0.1, 0.15) is 6.71 Å². The van der Waals surface area contributed by atoms with Gasteiger partial charge in [-0.1, -0.05) is 119 Å². The van der Waals surface area contributed by atoms with Gasteiger partial charge < -0.3 is 0 Å². The third kappa shape index (κ3) is 3.90. The highest BCUT2D eigenvalue weighted by atomic mass is 14.5. The van der Waals surface area contributed by atoms with Crippen molar-refractivity contribution in [1.29, 1.82) is 0 Å². The largest absolute Gasteiger partial charge is 0.144 e. The lowest BCUT2D eigenvalue weighted by atomic mass is 9.29. The first-order valence-corrected chi connectivity index (χ1v) is 14.7. The van der Waals surface area contributed by atoms with Crippen LogP contribution in [-0.4, -0.2) is 6.71 Å². The zero-order valence-corrected chi connectivity index (χ0v) is 21.8. The average molecular weight is 453 g/mol. The molecule has 4 aliphatic rings. The lowest BCUT2D eigenvalue weighted by molar-refractivity contribution is 0.228. The maximum Gasteiger partial charge on any atom is 0.144 e. The Morgan fingerprint density at radius 3 is 1.38 bits per heavy atom. The van der Waals surface area contributed by atoms with Crippen LogP contribution in [0.15, 0.2) is 60.7 Å². The molecule has 10 atom stereocenters. The van der Waals surface area contributed by atoms with E-state index in [2.05, 4.69) is 81.3 Å². The zero-order valence-electron chi connectivity index (χ0n) is 21.8. The molecule has 0 N–H and O–H groups in total. The third-order valence-electron chi connectivity index (χ3n) is 11.5. The molecule has 2 aromatic rings. The first-order chi connectivity index (χ1) is 16.6. The Labute approximate surface area is 209 Å². The highest BCUT2D eigenvalue weighted by Crippen LogP contribution is 2.64. The van der Waals surface area contributed by atoms with Gasteiger partial charge >= 0.3 is 0 Å². The molecule has 0 heterocycles. The Bertz CT molecular complexity index is 860. The van der Waals surface area contributed by atoms with Crippen molar-refractivity contribution in [1.82, 2.24) is 0 Å². The minimum Gasteiger partial charge on any atom is -0.0856 e. The summed E-state index contributed by atoms with van der Waals surface area (Å²) in [6.45, 7) is 8.86. The van der Waals surface area contributed by atoms with Crippen LogP contribution >= 0.6 is 0 Å². The number of rotatable bonds is 4. The van der Waals surface area contributed by atoms with E-state index in [-0.39, 0.29) is 0 Å². The van der Waals surface area contributed by atoms with Gasteiger partial charge in [0.15, 0.2) is 0 Å². The smallest absolute Gasteiger partial charge is 0.0856 e. The van der Waals surface area contributed by atoms with Crippen LogP contribution in [0.3, 0.4) is 0 Å². The number of benzene rings is 2. The number of fused-ring (bicyclic) bond motifs is 2. The Balaban J connectivity index is 1.24. The Morgan fingerprint density at radius 1 is 0.559 bits per heavy atom. The van der Waals surface area contributed by atoms with Crippen molar-refractivity contribution in [3.63, 3.8) is 0 Å². The fourth-order valence-corrected chi connectivity index (χ4v) is 10.6. The predicted octanol–water partition coefficient (Wildman–Crippen LogP) is 9.33. The molecule has 2 aromatic carbocycles. The summed E-state index contributed by atoms with van der Waals surface area (Å²) in [5, 5.41) is 0. The molecule has 6 rings (SSSR count). The molecule has 34 heavy (non-hydrogen) atoms. The van der Waals surface area contributed by atoms with Gasteiger partial charge in [0.05, 0.1) is 0 Å². The summed E-state index contributed by atoms with van der Waals surface area (Å²) in [7, 11) is 0. The van der Waals surface area contributed by atoms with Crippen LogP contribution in [0.4, 0.5) is 0 Å². The second-order valence-electron chi connectivity index (χ2n) is 13.0. The maximum atomic E-state index is 2.71. The standard InChI is InChI=1S/C33H45B/c1-22-20-30-26(24-12-6-4-7-13-24)16-10-18-28(30)32(22)34(3)33-23(2)21-31-27(17-11-19-29(31)33)25-14-8-5-9-15-25/h4-9,12-15,22-23,26-33H,10-11,16-21H2,1-3H3. The lowest BCUT2D eigenvalue weighted by Gasteiger charge is -2.42. The second-order valence-corrected chi connectivity index (χ2v) is 13.0. The van der Waals surface area contributed by atoms with E-state index >= 15 is 0 Å².